The molecule has 0 heterocycles. The van der Waals surface area contributed by atoms with Crippen molar-refractivity contribution in [3.63, 3.8) is 0 Å². The minimum atomic E-state index is -0.148. The number of hydrogen-bond acceptors (Lipinski definition) is 13. The molecule has 0 aromatic heterocycles. The third-order valence-corrected chi connectivity index (χ3v) is 5.79. The second kappa shape index (κ2) is 40.6. The zero-order valence-corrected chi connectivity index (χ0v) is 27.9. The van der Waals surface area contributed by atoms with Gasteiger partial charge in [0.25, 0.3) is 0 Å². The zero-order valence-electron chi connectivity index (χ0n) is 27.9. The highest BCUT2D eigenvalue weighted by Crippen LogP contribution is 2.05. The van der Waals surface area contributed by atoms with E-state index in [2.05, 4.69) is 13.5 Å². The molecule has 0 aromatic carbocycles. The standard InChI is InChI=1S/C32H62O13/c1-3-5-6-7-8-9-32(33)45-31-30-44-29-28-43-27-26-42-25-24-41-23-22-40-21-20-39-19-18-38-17-16-37-15-14-36-13-12-35-11-10-34-4-2/h4H,2-3,5-31H2,1H3. The van der Waals surface area contributed by atoms with Crippen LogP contribution in [0.1, 0.15) is 45.4 Å². The molecule has 0 spiro atoms. The van der Waals surface area contributed by atoms with Gasteiger partial charge in [-0.2, -0.15) is 0 Å². The molecule has 0 aliphatic carbocycles. The summed E-state index contributed by atoms with van der Waals surface area (Å²) in [6.45, 7) is 16.3. The van der Waals surface area contributed by atoms with Gasteiger partial charge < -0.3 is 56.8 Å². The fourth-order valence-corrected chi connectivity index (χ4v) is 3.43. The van der Waals surface area contributed by atoms with Crippen molar-refractivity contribution >= 4 is 5.97 Å². The molecule has 0 saturated carbocycles. The summed E-state index contributed by atoms with van der Waals surface area (Å²) in [7, 11) is 0. The van der Waals surface area contributed by atoms with Crippen molar-refractivity contribution in [1.82, 2.24) is 0 Å². The van der Waals surface area contributed by atoms with E-state index in [0.29, 0.717) is 145 Å². The summed E-state index contributed by atoms with van der Waals surface area (Å²) < 4.78 is 64.4. The average Bonchev–Trinajstić information content (AvgIpc) is 3.04. The summed E-state index contributed by atoms with van der Waals surface area (Å²) in [5.41, 5.74) is 0. The molecule has 0 bridgehead atoms. The van der Waals surface area contributed by atoms with Crippen LogP contribution in [0.5, 0.6) is 0 Å². The first-order chi connectivity index (χ1) is 22.3. The average molecular weight is 655 g/mol. The van der Waals surface area contributed by atoms with Crippen molar-refractivity contribution in [2.45, 2.75) is 45.4 Å². The van der Waals surface area contributed by atoms with Gasteiger partial charge in [-0.25, -0.2) is 0 Å². The lowest BCUT2D eigenvalue weighted by atomic mass is 10.1. The zero-order chi connectivity index (χ0) is 32.6. The lowest BCUT2D eigenvalue weighted by Crippen LogP contribution is -2.15. The molecule has 13 nitrogen and oxygen atoms in total. The lowest BCUT2D eigenvalue weighted by molar-refractivity contribution is -0.145. The predicted molar refractivity (Wildman–Crippen MR) is 169 cm³/mol. The molecule has 13 heteroatoms. The van der Waals surface area contributed by atoms with E-state index in [1.165, 1.54) is 25.5 Å². The van der Waals surface area contributed by atoms with Crippen LogP contribution in [0.4, 0.5) is 0 Å². The van der Waals surface area contributed by atoms with Gasteiger partial charge in [0.15, 0.2) is 0 Å². The first-order valence-electron chi connectivity index (χ1n) is 16.5. The van der Waals surface area contributed by atoms with Crippen LogP contribution >= 0.6 is 0 Å². The van der Waals surface area contributed by atoms with Gasteiger partial charge in [-0.3, -0.25) is 4.79 Å². The fourth-order valence-electron chi connectivity index (χ4n) is 3.43. The summed E-state index contributed by atoms with van der Waals surface area (Å²) in [4.78, 5) is 11.6. The van der Waals surface area contributed by atoms with Crippen molar-refractivity contribution in [2.75, 3.05) is 145 Å². The largest absolute Gasteiger partial charge is 0.499 e. The Labute approximate surface area is 271 Å². The van der Waals surface area contributed by atoms with E-state index in [-0.39, 0.29) is 12.6 Å². The molecule has 45 heavy (non-hydrogen) atoms. The monoisotopic (exact) mass is 654 g/mol. The van der Waals surface area contributed by atoms with Gasteiger partial charge in [0, 0.05) is 6.42 Å². The Balaban J connectivity index is 3.08. The molecule has 0 atom stereocenters. The molecule has 0 radical (unpaired) electrons. The Bertz CT molecular complexity index is 583. The Morgan fingerprint density at radius 2 is 0.711 bits per heavy atom. The van der Waals surface area contributed by atoms with E-state index in [1.807, 2.05) is 0 Å². The molecule has 0 amide bonds. The molecule has 0 aliphatic heterocycles. The number of carbonyl (C=O) groups excluding carboxylic acids is 1. The molecule has 0 aliphatic rings. The van der Waals surface area contributed by atoms with Crippen LogP contribution in [0.2, 0.25) is 0 Å². The molecule has 0 unspecified atom stereocenters. The maximum absolute atomic E-state index is 11.6. The molecule has 268 valence electrons. The van der Waals surface area contributed by atoms with Gasteiger partial charge in [-0.1, -0.05) is 39.2 Å². The first kappa shape index (κ1) is 43.6. The third-order valence-electron chi connectivity index (χ3n) is 5.79. The Morgan fingerprint density at radius 3 is 1.02 bits per heavy atom. The van der Waals surface area contributed by atoms with Gasteiger partial charge in [0.05, 0.1) is 138 Å². The SMILES string of the molecule is C=COCCOCCOCCOCCOCCOCCOCCOCCOCCOCCOCCOC(=O)CCCCCCC. The Kier molecular flexibility index (Phi) is 39.4. The second-order valence-corrected chi connectivity index (χ2v) is 9.55. The van der Waals surface area contributed by atoms with Crippen molar-refractivity contribution in [3.8, 4) is 0 Å². The molecule has 0 saturated heterocycles. The molecular formula is C32H62O13. The maximum Gasteiger partial charge on any atom is 0.305 e. The van der Waals surface area contributed by atoms with Gasteiger partial charge in [0.1, 0.15) is 13.2 Å². The van der Waals surface area contributed by atoms with Crippen LogP contribution in [0.15, 0.2) is 12.8 Å². The predicted octanol–water partition coefficient (Wildman–Crippen LogP) is 3.22. The number of unbranched alkanes of at least 4 members (excludes halogenated alkanes) is 4. The van der Waals surface area contributed by atoms with E-state index in [1.54, 1.807) is 0 Å². The molecular weight excluding hydrogens is 592 g/mol. The minimum Gasteiger partial charge on any atom is -0.499 e. The van der Waals surface area contributed by atoms with Crippen LogP contribution in [-0.4, -0.2) is 151 Å². The number of rotatable bonds is 40. The van der Waals surface area contributed by atoms with Gasteiger partial charge in [0.2, 0.25) is 0 Å². The number of esters is 1. The van der Waals surface area contributed by atoms with Crippen molar-refractivity contribution in [1.29, 1.82) is 0 Å². The Morgan fingerprint density at radius 1 is 0.422 bits per heavy atom. The molecule has 0 N–H and O–H groups in total. The summed E-state index contributed by atoms with van der Waals surface area (Å²) in [5.74, 6) is -0.148. The van der Waals surface area contributed by atoms with Crippen LogP contribution in [0.3, 0.4) is 0 Å². The Hall–Kier alpha value is -1.39. The summed E-state index contributed by atoms with van der Waals surface area (Å²) >= 11 is 0. The lowest BCUT2D eigenvalue weighted by Gasteiger charge is -2.09. The van der Waals surface area contributed by atoms with Crippen LogP contribution in [0.25, 0.3) is 0 Å². The number of ether oxygens (including phenoxy) is 12. The first-order valence-corrected chi connectivity index (χ1v) is 16.5. The van der Waals surface area contributed by atoms with Gasteiger partial charge >= 0.3 is 5.97 Å². The summed E-state index contributed by atoms with van der Waals surface area (Å²) in [6, 6.07) is 0. The maximum atomic E-state index is 11.6. The number of carbonyl (C=O) groups is 1. The summed E-state index contributed by atoms with van der Waals surface area (Å²) in [6.07, 6.45) is 7.47. The summed E-state index contributed by atoms with van der Waals surface area (Å²) in [5, 5.41) is 0. The molecule has 0 fully saturated rings. The van der Waals surface area contributed by atoms with Gasteiger partial charge in [-0.15, -0.1) is 0 Å². The third kappa shape index (κ3) is 40.6. The topological polar surface area (TPSA) is 128 Å². The van der Waals surface area contributed by atoms with Crippen molar-refractivity contribution in [3.05, 3.63) is 12.8 Å². The van der Waals surface area contributed by atoms with Crippen LogP contribution in [0, 0.1) is 0 Å². The normalized spacial score (nSPS) is 11.2. The fraction of sp³-hybridized carbons (Fsp3) is 0.906. The quantitative estimate of drug-likeness (QED) is 0.0546. The van der Waals surface area contributed by atoms with E-state index in [9.17, 15) is 4.79 Å². The molecule has 0 rings (SSSR count). The van der Waals surface area contributed by atoms with Gasteiger partial charge in [-0.05, 0) is 6.42 Å². The van der Waals surface area contributed by atoms with E-state index >= 15 is 0 Å². The highest BCUT2D eigenvalue weighted by Gasteiger charge is 2.02. The second-order valence-electron chi connectivity index (χ2n) is 9.55. The smallest absolute Gasteiger partial charge is 0.305 e. The highest BCUT2D eigenvalue weighted by atomic mass is 16.6. The van der Waals surface area contributed by atoms with E-state index < -0.39 is 0 Å². The van der Waals surface area contributed by atoms with Crippen molar-refractivity contribution in [2.24, 2.45) is 0 Å². The molecule has 0 aromatic rings. The van der Waals surface area contributed by atoms with E-state index in [4.69, 9.17) is 56.8 Å². The minimum absolute atomic E-state index is 0.148. The highest BCUT2D eigenvalue weighted by molar-refractivity contribution is 5.69. The van der Waals surface area contributed by atoms with Crippen LogP contribution in [-0.2, 0) is 61.6 Å². The van der Waals surface area contributed by atoms with Crippen molar-refractivity contribution < 1.29 is 61.6 Å². The number of hydrogen-bond donors (Lipinski definition) is 0. The van der Waals surface area contributed by atoms with Crippen LogP contribution < -0.4 is 0 Å². The van der Waals surface area contributed by atoms with E-state index in [0.717, 1.165) is 12.8 Å².